The summed E-state index contributed by atoms with van der Waals surface area (Å²) in [5, 5.41) is 0.0812. The molecule has 31 heavy (non-hydrogen) atoms. The van der Waals surface area contributed by atoms with Crippen LogP contribution in [0.3, 0.4) is 0 Å². The Hall–Kier alpha value is -0.923. The summed E-state index contributed by atoms with van der Waals surface area (Å²) < 4.78 is 19.6. The first-order valence-corrected chi connectivity index (χ1v) is 15.2. The molecule has 0 amide bonds. The van der Waals surface area contributed by atoms with Gasteiger partial charge in [0.15, 0.2) is 19.7 Å². The average molecular weight is 459 g/mol. The minimum atomic E-state index is -2.07. The molecule has 0 N–H and O–H groups in total. The molecule has 168 valence electrons. The predicted octanol–water partition coefficient (Wildman–Crippen LogP) is 5.38. The van der Waals surface area contributed by atoms with E-state index in [9.17, 15) is 4.79 Å². The molecule has 4 aliphatic rings. The van der Waals surface area contributed by atoms with E-state index in [0.29, 0.717) is 6.61 Å². The molecule has 3 fully saturated rings. The number of rotatable bonds is 4. The van der Waals surface area contributed by atoms with E-state index in [1.165, 1.54) is 0 Å². The molecule has 3 saturated heterocycles. The number of carbonyl (C=O) groups excluding carboxylic acids is 1. The van der Waals surface area contributed by atoms with E-state index in [0.717, 1.165) is 17.7 Å². The summed E-state index contributed by atoms with van der Waals surface area (Å²) in [6.45, 7) is 14.0. The smallest absolute Gasteiger partial charge is 0.192 e. The molecule has 6 heteroatoms. The molecule has 2 bridgehead atoms. The Morgan fingerprint density at radius 1 is 1.19 bits per heavy atom. The van der Waals surface area contributed by atoms with Crippen LogP contribution in [0.25, 0.3) is 0 Å². The molecule has 1 aliphatic carbocycles. The maximum atomic E-state index is 14.4. The zero-order chi connectivity index (χ0) is 22.3. The van der Waals surface area contributed by atoms with Crippen LogP contribution in [0.4, 0.5) is 0 Å². The van der Waals surface area contributed by atoms with Crippen molar-refractivity contribution < 1.29 is 18.7 Å². The number of Topliss-reactive ketones (excluding diaryl/α,β-unsaturated/α-hetero) is 1. The van der Waals surface area contributed by atoms with Gasteiger partial charge in [-0.2, -0.15) is 0 Å². The van der Waals surface area contributed by atoms with Gasteiger partial charge in [0.1, 0.15) is 10.3 Å². The summed E-state index contributed by atoms with van der Waals surface area (Å²) in [7, 11) is -2.07. The fourth-order valence-electron chi connectivity index (χ4n) is 5.65. The summed E-state index contributed by atoms with van der Waals surface area (Å²) in [6.07, 6.45) is 5.50. The van der Waals surface area contributed by atoms with Gasteiger partial charge in [-0.1, -0.05) is 51.1 Å². The lowest BCUT2D eigenvalue weighted by Crippen LogP contribution is -2.72. The second-order valence-corrected chi connectivity index (χ2v) is 17.5. The first-order valence-electron chi connectivity index (χ1n) is 11.4. The molecular weight excluding hydrogens is 424 g/mol. The fraction of sp³-hybridized carbons (Fsp3) is 0.640. The molecule has 0 radical (unpaired) electrons. The number of hydrogen-bond acceptors (Lipinski definition) is 5. The Balaban J connectivity index is 1.59. The van der Waals surface area contributed by atoms with Crippen LogP contribution >= 0.6 is 11.8 Å². The Bertz CT molecular complexity index is 925. The number of thioether (sulfide) groups is 1. The molecule has 4 nitrogen and oxygen atoms in total. The highest BCUT2D eigenvalue weighted by molar-refractivity contribution is 8.01. The van der Waals surface area contributed by atoms with E-state index < -0.39 is 24.3 Å². The van der Waals surface area contributed by atoms with Gasteiger partial charge in [-0.05, 0) is 43.6 Å². The van der Waals surface area contributed by atoms with Crippen LogP contribution in [-0.4, -0.2) is 48.9 Å². The second kappa shape index (κ2) is 6.80. The SMILES string of the molecule is CC(C)(C)[Si](C)(C)O[C@H]1C[C@@H]2O[C@]13C=C[C@@H]1CCO[C@@]13C(=O)[C@@]2(C)Sc1ccccc1. The van der Waals surface area contributed by atoms with Gasteiger partial charge in [-0.3, -0.25) is 4.79 Å². The van der Waals surface area contributed by atoms with Gasteiger partial charge < -0.3 is 13.9 Å². The van der Waals surface area contributed by atoms with Crippen LogP contribution in [0.5, 0.6) is 0 Å². The molecule has 0 unspecified atom stereocenters. The predicted molar refractivity (Wildman–Crippen MR) is 126 cm³/mol. The van der Waals surface area contributed by atoms with Gasteiger partial charge in [0.05, 0.1) is 12.2 Å². The Labute approximate surface area is 191 Å². The number of fused-ring (bicyclic) bond motifs is 1. The van der Waals surface area contributed by atoms with E-state index >= 15 is 0 Å². The summed E-state index contributed by atoms with van der Waals surface area (Å²) in [4.78, 5) is 15.5. The third kappa shape index (κ3) is 2.81. The molecule has 2 spiro atoms. The van der Waals surface area contributed by atoms with Gasteiger partial charge >= 0.3 is 0 Å². The molecule has 1 aromatic rings. The van der Waals surface area contributed by atoms with Crippen LogP contribution in [0.2, 0.25) is 18.1 Å². The maximum Gasteiger partial charge on any atom is 0.192 e. The summed E-state index contributed by atoms with van der Waals surface area (Å²) in [5.74, 6) is 0.235. The maximum absolute atomic E-state index is 14.4. The van der Waals surface area contributed by atoms with E-state index in [1.54, 1.807) is 11.8 Å². The lowest BCUT2D eigenvalue weighted by Gasteiger charge is -2.52. The molecule has 3 aliphatic heterocycles. The van der Waals surface area contributed by atoms with E-state index in [1.807, 2.05) is 18.2 Å². The van der Waals surface area contributed by atoms with Crippen LogP contribution in [-0.2, 0) is 18.7 Å². The van der Waals surface area contributed by atoms with Crippen molar-refractivity contribution in [1.82, 2.24) is 0 Å². The fourth-order valence-corrected chi connectivity index (χ4v) is 8.29. The third-order valence-corrected chi connectivity index (χ3v) is 14.3. The van der Waals surface area contributed by atoms with Crippen molar-refractivity contribution in [3.8, 4) is 0 Å². The van der Waals surface area contributed by atoms with Gasteiger partial charge in [0.2, 0.25) is 0 Å². The Morgan fingerprint density at radius 3 is 2.58 bits per heavy atom. The van der Waals surface area contributed by atoms with Crippen molar-refractivity contribution in [2.75, 3.05) is 6.61 Å². The van der Waals surface area contributed by atoms with E-state index in [2.05, 4.69) is 65.1 Å². The highest BCUT2D eigenvalue weighted by atomic mass is 32.2. The third-order valence-electron chi connectivity index (χ3n) is 8.40. The lowest BCUT2D eigenvalue weighted by molar-refractivity contribution is -0.212. The van der Waals surface area contributed by atoms with Gasteiger partial charge in [0, 0.05) is 23.8 Å². The zero-order valence-corrected chi connectivity index (χ0v) is 21.3. The van der Waals surface area contributed by atoms with Crippen molar-refractivity contribution >= 4 is 25.9 Å². The molecule has 5 rings (SSSR count). The molecule has 0 saturated carbocycles. The van der Waals surface area contributed by atoms with Gasteiger partial charge in [-0.25, -0.2) is 0 Å². The van der Waals surface area contributed by atoms with Crippen LogP contribution < -0.4 is 0 Å². The van der Waals surface area contributed by atoms with Crippen LogP contribution in [0, 0.1) is 5.92 Å². The summed E-state index contributed by atoms with van der Waals surface area (Å²) in [6, 6.07) is 10.2. The number of ether oxygens (including phenoxy) is 2. The Morgan fingerprint density at radius 2 is 1.90 bits per heavy atom. The largest absolute Gasteiger partial charge is 0.410 e. The molecule has 3 heterocycles. The topological polar surface area (TPSA) is 44.8 Å². The summed E-state index contributed by atoms with van der Waals surface area (Å²) >= 11 is 1.62. The first-order chi connectivity index (χ1) is 14.5. The Kier molecular flexibility index (Phi) is 4.80. The van der Waals surface area contributed by atoms with E-state index in [-0.39, 0.29) is 28.9 Å². The van der Waals surface area contributed by atoms with Crippen LogP contribution in [0.1, 0.15) is 40.5 Å². The minimum absolute atomic E-state index is 0.0558. The summed E-state index contributed by atoms with van der Waals surface area (Å²) in [5.41, 5.74) is -1.77. The lowest BCUT2D eigenvalue weighted by atomic mass is 9.71. The standard InChI is InChI=1S/C25H34O4SSi/c1-22(2,3)31(5,6)29-20-16-19-23(4,30-18-10-8-7-9-11-18)21(26)25-17(13-15-27-25)12-14-24(20,25)28-19/h7-12,14,17,19-20H,13,15-16H2,1-6H3/t17-,19+,20+,23+,24-,25-/m1/s1. The van der Waals surface area contributed by atoms with Gasteiger partial charge in [-0.15, -0.1) is 11.8 Å². The normalized spacial score (nSPS) is 41.5. The van der Waals surface area contributed by atoms with Crippen molar-refractivity contribution in [3.63, 3.8) is 0 Å². The first kappa shape index (κ1) is 21.9. The number of ketones is 1. The van der Waals surface area contributed by atoms with Crippen molar-refractivity contribution in [1.29, 1.82) is 0 Å². The van der Waals surface area contributed by atoms with Gasteiger partial charge in [0.25, 0.3) is 0 Å². The van der Waals surface area contributed by atoms with Crippen LogP contribution in [0.15, 0.2) is 47.4 Å². The average Bonchev–Trinajstić information content (AvgIpc) is 3.35. The van der Waals surface area contributed by atoms with Crippen molar-refractivity contribution in [2.24, 2.45) is 5.92 Å². The molecule has 1 aromatic carbocycles. The highest BCUT2D eigenvalue weighted by Gasteiger charge is 2.80. The van der Waals surface area contributed by atoms with Crippen molar-refractivity contribution in [2.45, 2.75) is 91.7 Å². The molecule has 0 aromatic heterocycles. The number of benzene rings is 1. The molecular formula is C25H34O4SSi. The monoisotopic (exact) mass is 458 g/mol. The zero-order valence-electron chi connectivity index (χ0n) is 19.4. The minimum Gasteiger partial charge on any atom is -0.410 e. The number of hydrogen-bond donors (Lipinski definition) is 0. The quantitative estimate of drug-likeness (QED) is 0.447. The van der Waals surface area contributed by atoms with E-state index in [4.69, 9.17) is 13.9 Å². The number of carbonyl (C=O) groups is 1. The highest BCUT2D eigenvalue weighted by Crippen LogP contribution is 2.64. The second-order valence-electron chi connectivity index (χ2n) is 11.2. The van der Waals surface area contributed by atoms with Crippen molar-refractivity contribution in [3.05, 3.63) is 42.5 Å². The molecule has 6 atom stereocenters.